The van der Waals surface area contributed by atoms with Crippen molar-refractivity contribution in [2.24, 2.45) is 0 Å². The van der Waals surface area contributed by atoms with Gasteiger partial charge in [-0.25, -0.2) is 0 Å². The second-order valence-electron chi connectivity index (χ2n) is 6.97. The van der Waals surface area contributed by atoms with Crippen molar-refractivity contribution in [3.63, 3.8) is 0 Å². The van der Waals surface area contributed by atoms with Crippen LogP contribution in [0.25, 0.3) is 11.4 Å². The molecular formula is C22H23N3O5. The monoisotopic (exact) mass is 409 g/mol. The Hall–Kier alpha value is -3.55. The zero-order valence-electron chi connectivity index (χ0n) is 17.0. The van der Waals surface area contributed by atoms with E-state index in [1.165, 1.54) is 0 Å². The van der Waals surface area contributed by atoms with Crippen molar-refractivity contribution >= 4 is 5.91 Å². The van der Waals surface area contributed by atoms with Crippen LogP contribution in [0.2, 0.25) is 0 Å². The van der Waals surface area contributed by atoms with Crippen molar-refractivity contribution in [2.45, 2.75) is 19.4 Å². The number of carbonyl (C=O) groups is 1. The van der Waals surface area contributed by atoms with E-state index in [4.69, 9.17) is 18.7 Å². The molecule has 0 unspecified atom stereocenters. The van der Waals surface area contributed by atoms with Crippen molar-refractivity contribution in [3.8, 4) is 28.6 Å². The zero-order valence-corrected chi connectivity index (χ0v) is 17.0. The molecule has 1 aliphatic heterocycles. The van der Waals surface area contributed by atoms with E-state index in [9.17, 15) is 4.79 Å². The smallest absolute Gasteiger partial charge is 0.246 e. The second-order valence-corrected chi connectivity index (χ2v) is 6.97. The lowest BCUT2D eigenvalue weighted by Crippen LogP contribution is -2.26. The molecule has 0 spiro atoms. The van der Waals surface area contributed by atoms with Crippen LogP contribution in [0.5, 0.6) is 17.2 Å². The molecule has 0 atom stereocenters. The zero-order chi connectivity index (χ0) is 20.9. The predicted molar refractivity (Wildman–Crippen MR) is 109 cm³/mol. The minimum absolute atomic E-state index is 0.00548. The maximum Gasteiger partial charge on any atom is 0.246 e. The Labute approximate surface area is 174 Å². The summed E-state index contributed by atoms with van der Waals surface area (Å²) >= 11 is 0. The molecule has 1 aliphatic rings. The third kappa shape index (κ3) is 4.53. The summed E-state index contributed by atoms with van der Waals surface area (Å²) in [4.78, 5) is 18.5. The number of aromatic nitrogens is 2. The lowest BCUT2D eigenvalue weighted by atomic mass is 10.1. The first-order chi connectivity index (χ1) is 14.6. The van der Waals surface area contributed by atoms with Gasteiger partial charge < -0.3 is 23.6 Å². The molecule has 156 valence electrons. The maximum absolute atomic E-state index is 12.5. The molecule has 4 rings (SSSR count). The van der Waals surface area contributed by atoms with E-state index in [1.54, 1.807) is 19.1 Å². The van der Waals surface area contributed by atoms with Gasteiger partial charge in [-0.1, -0.05) is 11.2 Å². The summed E-state index contributed by atoms with van der Waals surface area (Å²) in [6.07, 6.45) is 0.983. The average molecular weight is 409 g/mol. The maximum atomic E-state index is 12.5. The molecule has 0 saturated carbocycles. The van der Waals surface area contributed by atoms with Crippen LogP contribution in [0.15, 0.2) is 47.0 Å². The van der Waals surface area contributed by atoms with Crippen LogP contribution in [0.1, 0.15) is 17.9 Å². The minimum atomic E-state index is -0.00548. The fourth-order valence-electron chi connectivity index (χ4n) is 3.15. The van der Waals surface area contributed by atoms with Gasteiger partial charge >= 0.3 is 0 Å². The highest BCUT2D eigenvalue weighted by Crippen LogP contribution is 2.31. The topological polar surface area (TPSA) is 86.9 Å². The molecule has 1 amide bonds. The van der Waals surface area contributed by atoms with Crippen LogP contribution in [0.3, 0.4) is 0 Å². The summed E-state index contributed by atoms with van der Waals surface area (Å²) in [6.45, 7) is 1.36. The van der Waals surface area contributed by atoms with Gasteiger partial charge in [0.25, 0.3) is 0 Å². The Morgan fingerprint density at radius 3 is 2.63 bits per heavy atom. The number of rotatable bonds is 7. The van der Waals surface area contributed by atoms with Crippen molar-refractivity contribution in [2.75, 3.05) is 27.4 Å². The number of hydrogen-bond acceptors (Lipinski definition) is 7. The van der Waals surface area contributed by atoms with Crippen LogP contribution in [-0.2, 0) is 17.8 Å². The predicted octanol–water partition coefficient (Wildman–Crippen LogP) is 3.11. The van der Waals surface area contributed by atoms with E-state index in [0.717, 1.165) is 28.4 Å². The third-order valence-electron chi connectivity index (χ3n) is 4.85. The molecule has 30 heavy (non-hydrogen) atoms. The van der Waals surface area contributed by atoms with Crippen molar-refractivity contribution in [1.29, 1.82) is 0 Å². The number of fused-ring (bicyclic) bond motifs is 1. The number of amides is 1. The summed E-state index contributed by atoms with van der Waals surface area (Å²) in [6, 6.07) is 13.2. The van der Waals surface area contributed by atoms with Crippen LogP contribution in [0.4, 0.5) is 0 Å². The third-order valence-corrected chi connectivity index (χ3v) is 4.85. The SMILES string of the molecule is COc1ccc(-c2noc(CN(C)C(=O)CCc3ccc4c(c3)OCCO4)n2)cc1. The van der Waals surface area contributed by atoms with Gasteiger partial charge in [-0.15, -0.1) is 0 Å². The Kier molecular flexibility index (Phi) is 5.83. The fourth-order valence-corrected chi connectivity index (χ4v) is 3.15. The van der Waals surface area contributed by atoms with Crippen LogP contribution in [-0.4, -0.2) is 48.3 Å². The van der Waals surface area contributed by atoms with Crippen LogP contribution >= 0.6 is 0 Å². The Morgan fingerprint density at radius 2 is 1.87 bits per heavy atom. The number of hydrogen-bond donors (Lipinski definition) is 0. The largest absolute Gasteiger partial charge is 0.497 e. The van der Waals surface area contributed by atoms with Crippen molar-refractivity contribution < 1.29 is 23.5 Å². The number of benzene rings is 2. The molecule has 1 aromatic heterocycles. The van der Waals surface area contributed by atoms with Crippen molar-refractivity contribution in [3.05, 3.63) is 53.9 Å². The molecule has 2 heterocycles. The first-order valence-electron chi connectivity index (χ1n) is 9.72. The molecule has 3 aromatic rings. The van der Waals surface area contributed by atoms with Gasteiger partial charge in [-0.05, 0) is 48.4 Å². The number of carbonyl (C=O) groups excluding carboxylic acids is 1. The summed E-state index contributed by atoms with van der Waals surface area (Å²) in [5.41, 5.74) is 1.85. The van der Waals surface area contributed by atoms with E-state index in [-0.39, 0.29) is 12.5 Å². The molecule has 0 saturated heterocycles. The Bertz CT molecular complexity index is 1020. The molecule has 8 nitrogen and oxygen atoms in total. The van der Waals surface area contributed by atoms with E-state index < -0.39 is 0 Å². The molecule has 2 aromatic carbocycles. The highest BCUT2D eigenvalue weighted by Gasteiger charge is 2.16. The van der Waals surface area contributed by atoms with E-state index in [0.29, 0.717) is 37.8 Å². The molecule has 0 N–H and O–H groups in total. The Balaban J connectivity index is 1.32. The van der Waals surface area contributed by atoms with Crippen LogP contribution in [0, 0.1) is 0 Å². The van der Waals surface area contributed by atoms with E-state index >= 15 is 0 Å². The van der Waals surface area contributed by atoms with Crippen molar-refractivity contribution in [1.82, 2.24) is 15.0 Å². The molecular weight excluding hydrogens is 386 g/mol. The summed E-state index contributed by atoms with van der Waals surface area (Å²) in [5.74, 6) is 3.09. The fraction of sp³-hybridized carbons (Fsp3) is 0.318. The molecule has 0 fully saturated rings. The highest BCUT2D eigenvalue weighted by molar-refractivity contribution is 5.76. The lowest BCUT2D eigenvalue weighted by Gasteiger charge is -2.19. The molecule has 0 bridgehead atoms. The van der Waals surface area contributed by atoms with Gasteiger partial charge in [0.1, 0.15) is 19.0 Å². The molecule has 8 heteroatoms. The highest BCUT2D eigenvalue weighted by atomic mass is 16.6. The van der Waals surface area contributed by atoms with Gasteiger partial charge in [-0.3, -0.25) is 4.79 Å². The van der Waals surface area contributed by atoms with Crippen LogP contribution < -0.4 is 14.2 Å². The van der Waals surface area contributed by atoms with Gasteiger partial charge in [0, 0.05) is 19.0 Å². The average Bonchev–Trinajstić information content (AvgIpc) is 3.25. The first-order valence-corrected chi connectivity index (χ1v) is 9.72. The summed E-state index contributed by atoms with van der Waals surface area (Å²) < 4.78 is 21.6. The Morgan fingerprint density at radius 1 is 1.10 bits per heavy atom. The number of nitrogens with zero attached hydrogens (tertiary/aromatic N) is 3. The van der Waals surface area contributed by atoms with Gasteiger partial charge in [0.05, 0.1) is 13.7 Å². The number of ether oxygens (including phenoxy) is 3. The van der Waals surface area contributed by atoms with Gasteiger partial charge in [0.15, 0.2) is 11.5 Å². The molecule has 0 aliphatic carbocycles. The number of methoxy groups -OCH3 is 1. The number of aryl methyl sites for hydroxylation is 1. The summed E-state index contributed by atoms with van der Waals surface area (Å²) in [5, 5.41) is 4.00. The van der Waals surface area contributed by atoms with Gasteiger partial charge in [0.2, 0.25) is 17.6 Å². The standard InChI is InChI=1S/C22H23N3O5/c1-25(14-20-23-22(24-30-20)16-5-7-17(27-2)8-6-16)21(26)10-4-15-3-9-18-19(13-15)29-12-11-28-18/h3,5-9,13H,4,10-12,14H2,1-2H3. The molecule has 0 radical (unpaired) electrons. The minimum Gasteiger partial charge on any atom is -0.497 e. The van der Waals surface area contributed by atoms with Gasteiger partial charge in [-0.2, -0.15) is 4.98 Å². The van der Waals surface area contributed by atoms with E-state index in [1.807, 2.05) is 42.5 Å². The van der Waals surface area contributed by atoms with E-state index in [2.05, 4.69) is 10.1 Å². The quantitative estimate of drug-likeness (QED) is 0.593. The normalized spacial score (nSPS) is 12.5. The lowest BCUT2D eigenvalue weighted by molar-refractivity contribution is -0.130. The summed E-state index contributed by atoms with van der Waals surface area (Å²) in [7, 11) is 3.34. The second kappa shape index (κ2) is 8.86. The first kappa shape index (κ1) is 19.8.